The Hall–Kier alpha value is -2.33. The van der Waals surface area contributed by atoms with Crippen LogP contribution in [0.4, 0.5) is 10.3 Å². The van der Waals surface area contributed by atoms with E-state index >= 15 is 0 Å². The summed E-state index contributed by atoms with van der Waals surface area (Å²) in [6, 6.07) is 3.69. The second kappa shape index (κ2) is 6.05. The molecule has 1 aromatic heterocycles. The number of amides is 1. The zero-order valence-corrected chi connectivity index (χ0v) is 12.8. The molecule has 23 heavy (non-hydrogen) atoms. The number of H-pyrrole nitrogens is 1. The van der Waals surface area contributed by atoms with E-state index in [4.69, 9.17) is 0 Å². The van der Waals surface area contributed by atoms with Gasteiger partial charge in [0.1, 0.15) is 18.2 Å². The third-order valence-corrected chi connectivity index (χ3v) is 5.51. The van der Waals surface area contributed by atoms with Crippen LogP contribution in [-0.4, -0.2) is 46.4 Å². The van der Waals surface area contributed by atoms with E-state index in [2.05, 4.69) is 20.5 Å². The molecule has 1 aliphatic heterocycles. The fourth-order valence-corrected chi connectivity index (χ4v) is 4.15. The number of hydrogen-bond donors (Lipinski definition) is 2. The number of benzene rings is 1. The number of anilines is 1. The second-order valence-corrected chi connectivity index (χ2v) is 6.94. The summed E-state index contributed by atoms with van der Waals surface area (Å²) in [5, 5.41) is 8.58. The molecule has 0 saturated carbocycles. The Morgan fingerprint density at radius 1 is 1.35 bits per heavy atom. The molecule has 1 atom stereocenters. The van der Waals surface area contributed by atoms with Crippen LogP contribution in [0.2, 0.25) is 0 Å². The van der Waals surface area contributed by atoms with Gasteiger partial charge in [-0.3, -0.25) is 10.1 Å². The van der Waals surface area contributed by atoms with Crippen molar-refractivity contribution < 1.29 is 17.6 Å². The van der Waals surface area contributed by atoms with E-state index in [-0.39, 0.29) is 17.4 Å². The van der Waals surface area contributed by atoms with Gasteiger partial charge in [-0.1, -0.05) is 0 Å². The fraction of sp³-hybridized carbons (Fsp3) is 0.308. The first kappa shape index (κ1) is 15.6. The first-order valence-electron chi connectivity index (χ1n) is 6.92. The Kier molecular flexibility index (Phi) is 4.09. The molecule has 3 rings (SSSR count). The molecule has 122 valence electrons. The Morgan fingerprint density at radius 3 is 2.74 bits per heavy atom. The molecule has 0 bridgehead atoms. The van der Waals surface area contributed by atoms with Crippen LogP contribution in [0, 0.1) is 5.82 Å². The van der Waals surface area contributed by atoms with Crippen LogP contribution in [0.25, 0.3) is 0 Å². The van der Waals surface area contributed by atoms with Gasteiger partial charge in [0.05, 0.1) is 4.90 Å². The molecule has 1 fully saturated rings. The number of aromatic amines is 1. The highest BCUT2D eigenvalue weighted by Gasteiger charge is 2.39. The van der Waals surface area contributed by atoms with E-state index in [1.807, 2.05) is 0 Å². The third kappa shape index (κ3) is 3.08. The van der Waals surface area contributed by atoms with Gasteiger partial charge in [-0.25, -0.2) is 17.9 Å². The minimum Gasteiger partial charge on any atom is -0.294 e. The largest absolute Gasteiger partial charge is 0.294 e. The maximum absolute atomic E-state index is 13.0. The van der Waals surface area contributed by atoms with Gasteiger partial charge < -0.3 is 0 Å². The van der Waals surface area contributed by atoms with Crippen molar-refractivity contribution in [3.63, 3.8) is 0 Å². The van der Waals surface area contributed by atoms with Crippen molar-refractivity contribution in [3.8, 4) is 0 Å². The normalized spacial score (nSPS) is 18.9. The lowest BCUT2D eigenvalue weighted by Crippen LogP contribution is -2.43. The van der Waals surface area contributed by atoms with Crippen LogP contribution >= 0.6 is 0 Å². The van der Waals surface area contributed by atoms with Crippen molar-refractivity contribution in [2.24, 2.45) is 0 Å². The average Bonchev–Trinajstić information content (AvgIpc) is 3.19. The van der Waals surface area contributed by atoms with Gasteiger partial charge in [0.2, 0.25) is 21.9 Å². The van der Waals surface area contributed by atoms with Gasteiger partial charge in [0.25, 0.3) is 0 Å². The zero-order chi connectivity index (χ0) is 16.4. The van der Waals surface area contributed by atoms with Crippen molar-refractivity contribution >= 4 is 21.9 Å². The molecule has 0 radical (unpaired) electrons. The SMILES string of the molecule is O=C(Nc1ncn[nH]1)[C@H]1CCCN1S(=O)(=O)c1ccc(F)cc1. The smallest absolute Gasteiger partial charge is 0.245 e. The highest BCUT2D eigenvalue weighted by molar-refractivity contribution is 7.89. The summed E-state index contributed by atoms with van der Waals surface area (Å²) in [4.78, 5) is 16.0. The number of carbonyl (C=O) groups is 1. The number of nitrogens with zero attached hydrogens (tertiary/aromatic N) is 3. The van der Waals surface area contributed by atoms with Crippen molar-refractivity contribution in [2.45, 2.75) is 23.8 Å². The minimum atomic E-state index is -3.87. The molecule has 0 spiro atoms. The van der Waals surface area contributed by atoms with Crippen molar-refractivity contribution in [3.05, 3.63) is 36.4 Å². The van der Waals surface area contributed by atoms with Gasteiger partial charge in [-0.05, 0) is 37.1 Å². The van der Waals surface area contributed by atoms with Crippen LogP contribution in [0.1, 0.15) is 12.8 Å². The number of carbonyl (C=O) groups excluding carboxylic acids is 1. The molecule has 2 N–H and O–H groups in total. The number of aromatic nitrogens is 3. The standard InChI is InChI=1S/C13H14FN5O3S/c14-9-3-5-10(6-4-9)23(21,22)19-7-1-2-11(19)12(20)17-13-15-8-16-18-13/h3-6,8,11H,1-2,7H2,(H2,15,16,17,18,20)/t11-/m1/s1. The number of halogens is 1. The Bertz CT molecular complexity index is 792. The lowest BCUT2D eigenvalue weighted by Gasteiger charge is -2.22. The van der Waals surface area contributed by atoms with E-state index in [1.54, 1.807) is 0 Å². The minimum absolute atomic E-state index is 0.0433. The number of hydrogen-bond acceptors (Lipinski definition) is 5. The van der Waals surface area contributed by atoms with E-state index in [0.29, 0.717) is 12.8 Å². The predicted molar refractivity (Wildman–Crippen MR) is 78.3 cm³/mol. The summed E-state index contributed by atoms with van der Waals surface area (Å²) >= 11 is 0. The van der Waals surface area contributed by atoms with Gasteiger partial charge in [-0.15, -0.1) is 0 Å². The van der Waals surface area contributed by atoms with Crippen LogP contribution in [0.15, 0.2) is 35.5 Å². The van der Waals surface area contributed by atoms with E-state index < -0.39 is 27.8 Å². The first-order chi connectivity index (χ1) is 11.0. The summed E-state index contributed by atoms with van der Waals surface area (Å²) in [5.41, 5.74) is 0. The maximum atomic E-state index is 13.0. The molecule has 10 heteroatoms. The molecule has 8 nitrogen and oxygen atoms in total. The number of rotatable bonds is 4. The van der Waals surface area contributed by atoms with Crippen molar-refractivity contribution in [1.29, 1.82) is 0 Å². The van der Waals surface area contributed by atoms with Gasteiger partial charge in [0.15, 0.2) is 0 Å². The predicted octanol–water partition coefficient (Wildman–Crippen LogP) is 0.736. The molecule has 0 unspecified atom stereocenters. The van der Waals surface area contributed by atoms with Crippen LogP contribution < -0.4 is 5.32 Å². The first-order valence-corrected chi connectivity index (χ1v) is 8.36. The molecule has 0 aliphatic carbocycles. The van der Waals surface area contributed by atoms with E-state index in [9.17, 15) is 17.6 Å². The van der Waals surface area contributed by atoms with Crippen LogP contribution in [0.3, 0.4) is 0 Å². The summed E-state index contributed by atoms with van der Waals surface area (Å²) < 4.78 is 39.4. The Balaban J connectivity index is 1.83. The number of sulfonamides is 1. The van der Waals surface area contributed by atoms with E-state index in [0.717, 1.165) is 16.4 Å². The number of nitrogens with one attached hydrogen (secondary N) is 2. The molecule has 1 amide bonds. The summed E-state index contributed by atoms with van der Waals surface area (Å²) in [5.74, 6) is -0.851. The van der Waals surface area contributed by atoms with Gasteiger partial charge in [0, 0.05) is 6.54 Å². The Labute approximate surface area is 131 Å². The van der Waals surface area contributed by atoms with Gasteiger partial charge in [-0.2, -0.15) is 14.4 Å². The highest BCUT2D eigenvalue weighted by Crippen LogP contribution is 2.26. The maximum Gasteiger partial charge on any atom is 0.245 e. The molecule has 2 aromatic rings. The van der Waals surface area contributed by atoms with Crippen molar-refractivity contribution in [2.75, 3.05) is 11.9 Å². The molecular formula is C13H14FN5O3S. The molecule has 2 heterocycles. The Morgan fingerprint density at radius 2 is 2.09 bits per heavy atom. The van der Waals surface area contributed by atoms with Crippen LogP contribution in [0.5, 0.6) is 0 Å². The third-order valence-electron chi connectivity index (χ3n) is 3.58. The molecule has 1 aliphatic rings. The summed E-state index contributed by atoms with van der Waals surface area (Å²) in [7, 11) is -3.87. The highest BCUT2D eigenvalue weighted by atomic mass is 32.2. The summed E-state index contributed by atoms with van der Waals surface area (Å²) in [6.07, 6.45) is 2.20. The van der Waals surface area contributed by atoms with Gasteiger partial charge >= 0.3 is 0 Å². The lowest BCUT2D eigenvalue weighted by atomic mass is 10.2. The molecular weight excluding hydrogens is 325 g/mol. The quantitative estimate of drug-likeness (QED) is 0.854. The molecule has 1 aromatic carbocycles. The van der Waals surface area contributed by atoms with E-state index in [1.165, 1.54) is 18.5 Å². The van der Waals surface area contributed by atoms with Crippen LogP contribution in [-0.2, 0) is 14.8 Å². The topological polar surface area (TPSA) is 108 Å². The lowest BCUT2D eigenvalue weighted by molar-refractivity contribution is -0.119. The van der Waals surface area contributed by atoms with Crippen molar-refractivity contribution in [1.82, 2.24) is 19.5 Å². The average molecular weight is 339 g/mol. The summed E-state index contributed by atoms with van der Waals surface area (Å²) in [6.45, 7) is 0.230. The fourth-order valence-electron chi connectivity index (χ4n) is 2.50. The monoisotopic (exact) mass is 339 g/mol. The molecule has 1 saturated heterocycles. The zero-order valence-electron chi connectivity index (χ0n) is 11.9. The second-order valence-electron chi connectivity index (χ2n) is 5.05.